The van der Waals surface area contributed by atoms with Crippen LogP contribution in [-0.2, 0) is 6.42 Å². The van der Waals surface area contributed by atoms with Gasteiger partial charge in [-0.15, -0.1) is 11.3 Å². The maximum Gasteiger partial charge on any atom is 0.0930 e. The number of nitrogens with zero attached hydrogens (tertiary/aromatic N) is 1. The van der Waals surface area contributed by atoms with E-state index in [9.17, 15) is 0 Å². The van der Waals surface area contributed by atoms with Crippen LogP contribution < -0.4 is 5.32 Å². The number of rotatable bonds is 4. The fourth-order valence-electron chi connectivity index (χ4n) is 2.83. The quantitative estimate of drug-likeness (QED) is 0.890. The second kappa shape index (κ2) is 5.70. The molecule has 0 aliphatic heterocycles. The van der Waals surface area contributed by atoms with Gasteiger partial charge in [0.2, 0.25) is 0 Å². The zero-order chi connectivity index (χ0) is 13.1. The van der Waals surface area contributed by atoms with Crippen LogP contribution in [0.2, 0.25) is 0 Å². The van der Waals surface area contributed by atoms with Gasteiger partial charge in [-0.2, -0.15) is 0 Å². The van der Waals surface area contributed by atoms with Gasteiger partial charge in [-0.3, -0.25) is 0 Å². The Balaban J connectivity index is 2.02. The Morgan fingerprint density at radius 3 is 2.56 bits per heavy atom. The van der Waals surface area contributed by atoms with Gasteiger partial charge < -0.3 is 5.32 Å². The van der Waals surface area contributed by atoms with Crippen molar-refractivity contribution in [2.24, 2.45) is 5.41 Å². The van der Waals surface area contributed by atoms with Crippen LogP contribution in [0.15, 0.2) is 11.6 Å². The molecule has 0 aromatic carbocycles. The zero-order valence-electron chi connectivity index (χ0n) is 12.0. The molecule has 1 aliphatic rings. The highest BCUT2D eigenvalue weighted by molar-refractivity contribution is 7.09. The van der Waals surface area contributed by atoms with Crippen molar-refractivity contribution in [2.75, 3.05) is 6.54 Å². The molecular formula is C15H26N2S. The number of nitrogens with one attached hydrogen (secondary N) is 1. The molecule has 2 rings (SSSR count). The number of hydrogen-bond donors (Lipinski definition) is 1. The summed E-state index contributed by atoms with van der Waals surface area (Å²) in [7, 11) is 0. The Kier molecular flexibility index (Phi) is 4.44. The Bertz CT molecular complexity index is 345. The van der Waals surface area contributed by atoms with Crippen LogP contribution in [0.25, 0.3) is 0 Å². The molecule has 1 heterocycles. The summed E-state index contributed by atoms with van der Waals surface area (Å²) in [6.07, 6.45) is 10.00. The Morgan fingerprint density at radius 1 is 1.28 bits per heavy atom. The first-order valence-corrected chi connectivity index (χ1v) is 8.01. The maximum absolute atomic E-state index is 4.49. The Labute approximate surface area is 115 Å². The smallest absolute Gasteiger partial charge is 0.0930 e. The molecule has 1 aromatic heterocycles. The molecule has 1 aromatic rings. The summed E-state index contributed by atoms with van der Waals surface area (Å²) in [5.74, 6) is 0. The van der Waals surface area contributed by atoms with Crippen LogP contribution in [0.4, 0.5) is 0 Å². The minimum atomic E-state index is 0.216. The van der Waals surface area contributed by atoms with E-state index in [1.165, 1.54) is 37.1 Å². The number of thiazole rings is 1. The summed E-state index contributed by atoms with van der Waals surface area (Å²) in [5.41, 5.74) is 0.663. The van der Waals surface area contributed by atoms with Crippen molar-refractivity contribution in [1.29, 1.82) is 0 Å². The molecule has 0 unspecified atom stereocenters. The lowest BCUT2D eigenvalue weighted by atomic mass is 9.71. The lowest BCUT2D eigenvalue weighted by Gasteiger charge is -2.39. The lowest BCUT2D eigenvalue weighted by molar-refractivity contribution is 0.165. The molecule has 0 radical (unpaired) electrons. The number of aromatic nitrogens is 1. The normalized spacial score (nSPS) is 19.9. The summed E-state index contributed by atoms with van der Waals surface area (Å²) < 4.78 is 0. The minimum Gasteiger partial charge on any atom is -0.312 e. The van der Waals surface area contributed by atoms with Gasteiger partial charge in [0.05, 0.1) is 5.01 Å². The van der Waals surface area contributed by atoms with Crippen molar-refractivity contribution in [3.63, 3.8) is 0 Å². The first kappa shape index (κ1) is 14.0. The van der Waals surface area contributed by atoms with Crippen molar-refractivity contribution >= 4 is 11.3 Å². The largest absolute Gasteiger partial charge is 0.312 e. The van der Waals surface area contributed by atoms with Crippen LogP contribution in [0.3, 0.4) is 0 Å². The van der Waals surface area contributed by atoms with Crippen molar-refractivity contribution in [3.05, 3.63) is 16.6 Å². The molecule has 3 heteroatoms. The van der Waals surface area contributed by atoms with Gasteiger partial charge >= 0.3 is 0 Å². The molecule has 2 nitrogen and oxygen atoms in total. The number of hydrogen-bond acceptors (Lipinski definition) is 3. The van der Waals surface area contributed by atoms with E-state index < -0.39 is 0 Å². The molecular weight excluding hydrogens is 240 g/mol. The molecule has 1 N–H and O–H groups in total. The fourth-order valence-corrected chi connectivity index (χ4v) is 3.62. The highest BCUT2D eigenvalue weighted by Crippen LogP contribution is 2.39. The molecule has 1 saturated carbocycles. The standard InChI is InChI=1S/C15H26N2S/c1-14(2,3)17-12-15(7-5-4-6-8-15)11-13-16-9-10-18-13/h9-10,17H,4-8,11-12H2,1-3H3. The van der Waals surface area contributed by atoms with Crippen LogP contribution in [0.1, 0.15) is 57.9 Å². The highest BCUT2D eigenvalue weighted by Gasteiger charge is 2.33. The minimum absolute atomic E-state index is 0.216. The van der Waals surface area contributed by atoms with E-state index in [1.807, 2.05) is 17.5 Å². The molecule has 1 fully saturated rings. The summed E-state index contributed by atoms with van der Waals surface area (Å²) in [6, 6.07) is 0. The molecule has 0 bridgehead atoms. The predicted molar refractivity (Wildman–Crippen MR) is 79.1 cm³/mol. The average Bonchev–Trinajstić information content (AvgIpc) is 2.80. The second-order valence-electron chi connectivity index (χ2n) is 6.77. The molecule has 1 aliphatic carbocycles. The maximum atomic E-state index is 4.49. The third-order valence-corrected chi connectivity index (χ3v) is 4.70. The van der Waals surface area contributed by atoms with Crippen LogP contribution in [0.5, 0.6) is 0 Å². The monoisotopic (exact) mass is 266 g/mol. The summed E-state index contributed by atoms with van der Waals surface area (Å²) in [5, 5.41) is 7.13. The van der Waals surface area contributed by atoms with Crippen LogP contribution in [0, 0.1) is 5.41 Å². The molecule has 0 saturated heterocycles. The highest BCUT2D eigenvalue weighted by atomic mass is 32.1. The predicted octanol–water partition coefficient (Wildman–Crippen LogP) is 4.02. The van der Waals surface area contributed by atoms with E-state index in [2.05, 4.69) is 36.5 Å². The molecule has 0 amide bonds. The zero-order valence-corrected chi connectivity index (χ0v) is 12.8. The van der Waals surface area contributed by atoms with Crippen molar-refractivity contribution < 1.29 is 0 Å². The summed E-state index contributed by atoms with van der Waals surface area (Å²) in [4.78, 5) is 4.49. The van der Waals surface area contributed by atoms with Gasteiger partial charge in [-0.05, 0) is 39.0 Å². The van der Waals surface area contributed by atoms with Gasteiger partial charge in [0, 0.05) is 30.1 Å². The average molecular weight is 266 g/mol. The molecule has 0 atom stereocenters. The van der Waals surface area contributed by atoms with E-state index in [1.54, 1.807) is 0 Å². The van der Waals surface area contributed by atoms with Crippen molar-refractivity contribution in [1.82, 2.24) is 10.3 Å². The van der Waals surface area contributed by atoms with Crippen molar-refractivity contribution in [3.8, 4) is 0 Å². The van der Waals surface area contributed by atoms with E-state index >= 15 is 0 Å². The van der Waals surface area contributed by atoms with Gasteiger partial charge in [-0.25, -0.2) is 4.98 Å². The van der Waals surface area contributed by atoms with Gasteiger partial charge in [0.15, 0.2) is 0 Å². The van der Waals surface area contributed by atoms with E-state index in [0.717, 1.165) is 13.0 Å². The fraction of sp³-hybridized carbons (Fsp3) is 0.800. The Morgan fingerprint density at radius 2 is 2.00 bits per heavy atom. The third kappa shape index (κ3) is 4.06. The van der Waals surface area contributed by atoms with Crippen LogP contribution >= 0.6 is 11.3 Å². The first-order valence-electron chi connectivity index (χ1n) is 7.13. The molecule has 0 spiro atoms. The lowest BCUT2D eigenvalue weighted by Crippen LogP contribution is -2.45. The Hall–Kier alpha value is -0.410. The van der Waals surface area contributed by atoms with E-state index in [-0.39, 0.29) is 5.54 Å². The van der Waals surface area contributed by atoms with Gasteiger partial charge in [0.25, 0.3) is 0 Å². The third-order valence-electron chi connectivity index (χ3n) is 3.92. The topological polar surface area (TPSA) is 24.9 Å². The van der Waals surface area contributed by atoms with Crippen molar-refractivity contribution in [2.45, 2.75) is 64.8 Å². The first-order chi connectivity index (χ1) is 8.49. The van der Waals surface area contributed by atoms with Gasteiger partial charge in [0.1, 0.15) is 0 Å². The summed E-state index contributed by atoms with van der Waals surface area (Å²) in [6.45, 7) is 7.91. The SMILES string of the molecule is CC(C)(C)NCC1(Cc2nccs2)CCCCC1. The van der Waals surface area contributed by atoms with E-state index in [4.69, 9.17) is 0 Å². The molecule has 18 heavy (non-hydrogen) atoms. The van der Waals surface area contributed by atoms with Crippen LogP contribution in [-0.4, -0.2) is 17.1 Å². The molecule has 102 valence electrons. The van der Waals surface area contributed by atoms with Gasteiger partial charge in [-0.1, -0.05) is 19.3 Å². The summed E-state index contributed by atoms with van der Waals surface area (Å²) >= 11 is 1.81. The second-order valence-corrected chi connectivity index (χ2v) is 7.75. The van der Waals surface area contributed by atoms with E-state index in [0.29, 0.717) is 5.41 Å².